The molecule has 2 heterocycles. The van der Waals surface area contributed by atoms with Gasteiger partial charge in [-0.25, -0.2) is 0 Å². The van der Waals surface area contributed by atoms with Crippen molar-refractivity contribution in [3.05, 3.63) is 73.1 Å². The van der Waals surface area contributed by atoms with E-state index in [4.69, 9.17) is 0 Å². The second-order valence-electron chi connectivity index (χ2n) is 7.45. The largest absolute Gasteiger partial charge is 0.508 e. The smallest absolute Gasteiger partial charge is 0.144 e. The number of rotatable bonds is 5. The number of nitrogens with zero attached hydrogens (tertiary/aromatic N) is 3. The highest BCUT2D eigenvalue weighted by molar-refractivity contribution is 6.06. The van der Waals surface area contributed by atoms with Crippen molar-refractivity contribution in [2.75, 3.05) is 18.4 Å². The number of aldehydes is 1. The van der Waals surface area contributed by atoms with Crippen LogP contribution in [0.2, 0.25) is 0 Å². The van der Waals surface area contributed by atoms with E-state index in [-0.39, 0.29) is 11.8 Å². The Balaban J connectivity index is 1.54. The minimum atomic E-state index is 0.223. The van der Waals surface area contributed by atoms with Crippen LogP contribution in [0.25, 0.3) is 32.8 Å². The molecule has 2 N–H and O–H groups in total. The lowest BCUT2D eigenvalue weighted by Gasteiger charge is -2.39. The van der Waals surface area contributed by atoms with Crippen LogP contribution >= 0.6 is 0 Å². The summed E-state index contributed by atoms with van der Waals surface area (Å²) in [7, 11) is 0. The van der Waals surface area contributed by atoms with Gasteiger partial charge in [-0.05, 0) is 34.5 Å². The van der Waals surface area contributed by atoms with E-state index < -0.39 is 0 Å². The van der Waals surface area contributed by atoms with Gasteiger partial charge in [-0.15, -0.1) is 5.10 Å². The van der Waals surface area contributed by atoms with Gasteiger partial charge in [0.1, 0.15) is 17.6 Å². The van der Waals surface area contributed by atoms with E-state index in [2.05, 4.69) is 20.4 Å². The van der Waals surface area contributed by atoms with Crippen LogP contribution in [0, 0.1) is 0 Å². The highest BCUT2D eigenvalue weighted by Crippen LogP contribution is 2.37. The number of aromatic hydroxyl groups is 1. The Morgan fingerprint density at radius 3 is 2.73 bits per heavy atom. The zero-order valence-corrected chi connectivity index (χ0v) is 16.2. The molecule has 0 unspecified atom stereocenters. The van der Waals surface area contributed by atoms with Gasteiger partial charge in [-0.1, -0.05) is 42.5 Å². The standard InChI is InChI=1S/C24H20N4O2/c29-10-4-9-28-14-17(15-28)26-23-13-25-27-24-20(7-3-8-21(23)24)22-12-18(30)11-16-5-1-2-6-19(16)22/h1-13,17,30H,14-15H2,(H,26,27). The fraction of sp³-hybridized carbons (Fsp3) is 0.125. The topological polar surface area (TPSA) is 78.4 Å². The normalized spacial score (nSPS) is 14.3. The molecule has 1 saturated heterocycles. The van der Waals surface area contributed by atoms with Gasteiger partial charge in [0.05, 0.1) is 17.9 Å². The number of likely N-dealkylation sites (tertiary alicyclic amines) is 1. The van der Waals surface area contributed by atoms with E-state index in [1.54, 1.807) is 24.5 Å². The summed E-state index contributed by atoms with van der Waals surface area (Å²) in [6.45, 7) is 1.65. The van der Waals surface area contributed by atoms with Crippen molar-refractivity contribution in [3.63, 3.8) is 0 Å². The number of carbonyl (C=O) groups excluding carboxylic acids is 1. The van der Waals surface area contributed by atoms with Crippen molar-refractivity contribution < 1.29 is 9.90 Å². The van der Waals surface area contributed by atoms with Crippen molar-refractivity contribution in [3.8, 4) is 16.9 Å². The first-order chi connectivity index (χ1) is 14.7. The molecule has 4 aromatic rings. The number of fused-ring (bicyclic) bond motifs is 2. The number of nitrogens with one attached hydrogen (secondary N) is 1. The zero-order valence-electron chi connectivity index (χ0n) is 16.2. The number of hydrogen-bond acceptors (Lipinski definition) is 6. The second kappa shape index (κ2) is 7.48. The number of aromatic nitrogens is 2. The first-order valence-electron chi connectivity index (χ1n) is 9.82. The molecule has 1 aliphatic rings. The number of anilines is 1. The third-order valence-corrected chi connectivity index (χ3v) is 5.45. The molecule has 1 aromatic heterocycles. The minimum absolute atomic E-state index is 0.223. The summed E-state index contributed by atoms with van der Waals surface area (Å²) in [5, 5.41) is 25.5. The molecule has 0 saturated carbocycles. The summed E-state index contributed by atoms with van der Waals surface area (Å²) in [6, 6.07) is 17.9. The molecule has 5 rings (SSSR count). The maximum absolute atomic E-state index is 10.5. The van der Waals surface area contributed by atoms with Crippen LogP contribution in [0.4, 0.5) is 5.69 Å². The van der Waals surface area contributed by atoms with Gasteiger partial charge in [0.25, 0.3) is 0 Å². The van der Waals surface area contributed by atoms with Crippen LogP contribution < -0.4 is 5.32 Å². The van der Waals surface area contributed by atoms with E-state index in [0.29, 0.717) is 0 Å². The molecule has 1 fully saturated rings. The number of carbonyl (C=O) groups is 1. The molecular formula is C24H20N4O2. The van der Waals surface area contributed by atoms with Crippen LogP contribution in [0.3, 0.4) is 0 Å². The second-order valence-corrected chi connectivity index (χ2v) is 7.45. The Kier molecular flexibility index (Phi) is 4.52. The lowest BCUT2D eigenvalue weighted by Crippen LogP contribution is -2.51. The Labute approximate surface area is 173 Å². The summed E-state index contributed by atoms with van der Waals surface area (Å²) in [6.07, 6.45) is 5.84. The molecule has 0 spiro atoms. The molecule has 0 bridgehead atoms. The van der Waals surface area contributed by atoms with Crippen molar-refractivity contribution in [2.45, 2.75) is 6.04 Å². The highest BCUT2D eigenvalue weighted by Gasteiger charge is 2.24. The average molecular weight is 396 g/mol. The van der Waals surface area contributed by atoms with Gasteiger partial charge in [0.2, 0.25) is 0 Å². The summed E-state index contributed by atoms with van der Waals surface area (Å²) >= 11 is 0. The van der Waals surface area contributed by atoms with Crippen LogP contribution in [-0.2, 0) is 4.79 Å². The summed E-state index contributed by atoms with van der Waals surface area (Å²) in [4.78, 5) is 12.5. The van der Waals surface area contributed by atoms with E-state index in [1.165, 1.54) is 6.08 Å². The first-order valence-corrected chi connectivity index (χ1v) is 9.82. The summed E-state index contributed by atoms with van der Waals surface area (Å²) in [5.74, 6) is 0.223. The number of benzene rings is 3. The monoisotopic (exact) mass is 396 g/mol. The van der Waals surface area contributed by atoms with Crippen molar-refractivity contribution in [1.82, 2.24) is 15.1 Å². The lowest BCUT2D eigenvalue weighted by molar-refractivity contribution is -0.104. The molecule has 1 aliphatic heterocycles. The summed E-state index contributed by atoms with van der Waals surface area (Å²) in [5.41, 5.74) is 3.57. The van der Waals surface area contributed by atoms with Crippen LogP contribution in [0.1, 0.15) is 0 Å². The van der Waals surface area contributed by atoms with Gasteiger partial charge in [-0.2, -0.15) is 5.10 Å². The molecule has 148 valence electrons. The van der Waals surface area contributed by atoms with Gasteiger partial charge in [-0.3, -0.25) is 4.79 Å². The number of phenols is 1. The van der Waals surface area contributed by atoms with Gasteiger partial charge in [0.15, 0.2) is 0 Å². The Morgan fingerprint density at radius 2 is 1.87 bits per heavy atom. The Morgan fingerprint density at radius 1 is 1.03 bits per heavy atom. The van der Waals surface area contributed by atoms with E-state index >= 15 is 0 Å². The number of phenolic OH excluding ortho intramolecular Hbond substituents is 1. The van der Waals surface area contributed by atoms with Gasteiger partial charge >= 0.3 is 0 Å². The molecule has 0 amide bonds. The van der Waals surface area contributed by atoms with Gasteiger partial charge < -0.3 is 15.3 Å². The van der Waals surface area contributed by atoms with E-state index in [9.17, 15) is 9.90 Å². The van der Waals surface area contributed by atoms with E-state index in [1.807, 2.05) is 42.5 Å². The third kappa shape index (κ3) is 3.22. The lowest BCUT2D eigenvalue weighted by atomic mass is 9.95. The quantitative estimate of drug-likeness (QED) is 0.393. The first kappa shape index (κ1) is 18.1. The minimum Gasteiger partial charge on any atom is -0.508 e. The fourth-order valence-corrected chi connectivity index (χ4v) is 4.03. The Bertz CT molecular complexity index is 1280. The molecule has 0 radical (unpaired) electrons. The molecular weight excluding hydrogens is 376 g/mol. The molecule has 0 aliphatic carbocycles. The average Bonchev–Trinajstić information content (AvgIpc) is 2.74. The van der Waals surface area contributed by atoms with E-state index in [0.717, 1.165) is 57.9 Å². The van der Waals surface area contributed by atoms with Crippen LogP contribution in [0.15, 0.2) is 73.1 Å². The maximum Gasteiger partial charge on any atom is 0.144 e. The highest BCUT2D eigenvalue weighted by atomic mass is 16.3. The zero-order chi connectivity index (χ0) is 20.5. The predicted octanol–water partition coefficient (Wildman–Crippen LogP) is 3.96. The van der Waals surface area contributed by atoms with Gasteiger partial charge in [0, 0.05) is 30.2 Å². The molecule has 0 atom stereocenters. The maximum atomic E-state index is 10.5. The SMILES string of the molecule is O=CC=CN1CC(Nc2cnnc3c(-c4cc(O)cc5ccccc45)cccc23)C1. The van der Waals surface area contributed by atoms with Crippen molar-refractivity contribution >= 4 is 33.6 Å². The number of allylic oxidation sites excluding steroid dienone is 1. The van der Waals surface area contributed by atoms with Crippen molar-refractivity contribution in [1.29, 1.82) is 0 Å². The molecule has 3 aromatic carbocycles. The third-order valence-electron chi connectivity index (χ3n) is 5.45. The number of hydrogen-bond donors (Lipinski definition) is 2. The van der Waals surface area contributed by atoms with Crippen molar-refractivity contribution in [2.24, 2.45) is 0 Å². The van der Waals surface area contributed by atoms with Crippen LogP contribution in [0.5, 0.6) is 5.75 Å². The summed E-state index contributed by atoms with van der Waals surface area (Å²) < 4.78 is 0. The molecule has 6 heteroatoms. The Hall–Kier alpha value is -3.93. The predicted molar refractivity (Wildman–Crippen MR) is 118 cm³/mol. The molecule has 6 nitrogen and oxygen atoms in total. The fourth-order valence-electron chi connectivity index (χ4n) is 4.03. The molecule has 30 heavy (non-hydrogen) atoms. The van der Waals surface area contributed by atoms with Crippen LogP contribution in [-0.4, -0.2) is 45.6 Å².